The molecular weight excluding hydrogens is 170 g/mol. The fourth-order valence-corrected chi connectivity index (χ4v) is 1.25. The summed E-state index contributed by atoms with van der Waals surface area (Å²) in [6, 6.07) is 1.50. The predicted octanol–water partition coefficient (Wildman–Crippen LogP) is 0.965. The zero-order valence-corrected chi connectivity index (χ0v) is 6.80. The van der Waals surface area contributed by atoms with Crippen molar-refractivity contribution in [2.24, 2.45) is 4.99 Å². The third kappa shape index (κ3) is 1.40. The molecule has 0 fully saturated rings. The van der Waals surface area contributed by atoms with E-state index >= 15 is 0 Å². The lowest BCUT2D eigenvalue weighted by atomic mass is 10.1. The molecule has 5 heteroatoms. The molecule has 1 aliphatic heterocycles. The monoisotopic (exact) mass is 177 g/mol. The highest BCUT2D eigenvalue weighted by Crippen LogP contribution is 2.16. The smallest absolute Gasteiger partial charge is 0.288 e. The maximum atomic E-state index is 10.4. The molecule has 0 radical (unpaired) electrons. The van der Waals surface area contributed by atoms with Gasteiger partial charge in [0.25, 0.3) is 5.69 Å². The number of hydrogen-bond acceptors (Lipinski definition) is 4. The van der Waals surface area contributed by atoms with E-state index in [0.29, 0.717) is 0 Å². The Balaban J connectivity index is 2.48. The molecule has 0 aromatic carbocycles. The molecule has 2 rings (SSSR count). The van der Waals surface area contributed by atoms with Crippen LogP contribution in [0.4, 0.5) is 5.69 Å². The zero-order chi connectivity index (χ0) is 9.26. The molecule has 0 atom stereocenters. The summed E-state index contributed by atoms with van der Waals surface area (Å²) in [7, 11) is 0. The van der Waals surface area contributed by atoms with Gasteiger partial charge in [0, 0.05) is 30.8 Å². The first kappa shape index (κ1) is 7.85. The third-order valence-electron chi connectivity index (χ3n) is 1.91. The standard InChI is InChI=1S/C8H7N3O2/c12-11(13)7-3-6-4-9-2-1-8(6)10-5-7/h3-5H,1-2H2. The van der Waals surface area contributed by atoms with Crippen molar-refractivity contribution in [1.29, 1.82) is 0 Å². The average molecular weight is 177 g/mol. The summed E-state index contributed by atoms with van der Waals surface area (Å²) >= 11 is 0. The van der Waals surface area contributed by atoms with Gasteiger partial charge in [-0.05, 0) is 0 Å². The van der Waals surface area contributed by atoms with Gasteiger partial charge in [-0.3, -0.25) is 20.1 Å². The van der Waals surface area contributed by atoms with Crippen molar-refractivity contribution in [2.75, 3.05) is 6.54 Å². The highest BCUT2D eigenvalue weighted by atomic mass is 16.6. The average Bonchev–Trinajstić information content (AvgIpc) is 2.17. The van der Waals surface area contributed by atoms with Gasteiger partial charge in [0.15, 0.2) is 0 Å². The van der Waals surface area contributed by atoms with Crippen LogP contribution in [0.2, 0.25) is 0 Å². The molecule has 0 saturated carbocycles. The SMILES string of the molecule is O=[N+]([O-])c1cnc2c(c1)C=NCC2. The Bertz CT molecular complexity index is 387. The number of fused-ring (bicyclic) bond motifs is 1. The fourth-order valence-electron chi connectivity index (χ4n) is 1.25. The molecule has 66 valence electrons. The van der Waals surface area contributed by atoms with E-state index in [0.717, 1.165) is 24.2 Å². The van der Waals surface area contributed by atoms with Crippen molar-refractivity contribution >= 4 is 11.9 Å². The molecule has 1 aromatic heterocycles. The molecule has 0 spiro atoms. The first-order valence-electron chi connectivity index (χ1n) is 3.90. The van der Waals surface area contributed by atoms with Gasteiger partial charge >= 0.3 is 0 Å². The molecular formula is C8H7N3O2. The van der Waals surface area contributed by atoms with Crippen molar-refractivity contribution < 1.29 is 4.92 Å². The number of aliphatic imine (C=N–C) groups is 1. The minimum Gasteiger partial charge on any atom is -0.292 e. The van der Waals surface area contributed by atoms with E-state index in [-0.39, 0.29) is 5.69 Å². The number of nitrogens with zero attached hydrogens (tertiary/aromatic N) is 3. The van der Waals surface area contributed by atoms with Gasteiger partial charge in [-0.15, -0.1) is 0 Å². The van der Waals surface area contributed by atoms with Crippen LogP contribution in [-0.2, 0) is 6.42 Å². The molecule has 0 saturated heterocycles. The van der Waals surface area contributed by atoms with E-state index in [9.17, 15) is 10.1 Å². The van der Waals surface area contributed by atoms with Gasteiger partial charge < -0.3 is 0 Å². The molecule has 13 heavy (non-hydrogen) atoms. The van der Waals surface area contributed by atoms with Crippen LogP contribution in [0.25, 0.3) is 0 Å². The van der Waals surface area contributed by atoms with Crippen molar-refractivity contribution in [2.45, 2.75) is 6.42 Å². The topological polar surface area (TPSA) is 68.4 Å². The van der Waals surface area contributed by atoms with Crippen LogP contribution in [0, 0.1) is 10.1 Å². The normalized spacial score (nSPS) is 13.8. The molecule has 0 bridgehead atoms. The summed E-state index contributed by atoms with van der Waals surface area (Å²) in [5.41, 5.74) is 1.67. The molecule has 1 aromatic rings. The van der Waals surface area contributed by atoms with E-state index < -0.39 is 4.92 Å². The highest BCUT2D eigenvalue weighted by Gasteiger charge is 2.12. The second kappa shape index (κ2) is 2.93. The lowest BCUT2D eigenvalue weighted by Gasteiger charge is -2.06. The summed E-state index contributed by atoms with van der Waals surface area (Å²) in [5, 5.41) is 10.4. The lowest BCUT2D eigenvalue weighted by Crippen LogP contribution is -2.06. The fraction of sp³-hybridized carbons (Fsp3) is 0.250. The Labute approximate surface area is 74.3 Å². The van der Waals surface area contributed by atoms with Gasteiger partial charge in [-0.2, -0.15) is 0 Å². The molecule has 0 unspecified atom stereocenters. The summed E-state index contributed by atoms with van der Waals surface area (Å²) < 4.78 is 0. The van der Waals surface area contributed by atoms with Crippen molar-refractivity contribution in [3.8, 4) is 0 Å². The van der Waals surface area contributed by atoms with Crippen LogP contribution in [0.5, 0.6) is 0 Å². The zero-order valence-electron chi connectivity index (χ0n) is 6.80. The quantitative estimate of drug-likeness (QED) is 0.474. The molecule has 0 N–H and O–H groups in total. The Kier molecular flexibility index (Phi) is 1.77. The van der Waals surface area contributed by atoms with Crippen LogP contribution in [-0.4, -0.2) is 22.7 Å². The number of aromatic nitrogens is 1. The second-order valence-electron chi connectivity index (χ2n) is 2.77. The van der Waals surface area contributed by atoms with Gasteiger partial charge in [-0.1, -0.05) is 0 Å². The first-order valence-corrected chi connectivity index (χ1v) is 3.90. The van der Waals surface area contributed by atoms with E-state index in [4.69, 9.17) is 0 Å². The number of hydrogen-bond donors (Lipinski definition) is 0. The predicted molar refractivity (Wildman–Crippen MR) is 47.1 cm³/mol. The Hall–Kier alpha value is -1.78. The van der Waals surface area contributed by atoms with E-state index in [1.165, 1.54) is 12.3 Å². The van der Waals surface area contributed by atoms with E-state index in [2.05, 4.69) is 9.98 Å². The number of nitro groups is 1. The molecule has 5 nitrogen and oxygen atoms in total. The van der Waals surface area contributed by atoms with Crippen molar-refractivity contribution in [1.82, 2.24) is 4.98 Å². The number of rotatable bonds is 1. The van der Waals surface area contributed by atoms with E-state index in [1.807, 2.05) is 0 Å². The minimum atomic E-state index is -0.449. The van der Waals surface area contributed by atoms with Crippen molar-refractivity contribution in [3.63, 3.8) is 0 Å². The van der Waals surface area contributed by atoms with Gasteiger partial charge in [-0.25, -0.2) is 0 Å². The van der Waals surface area contributed by atoms with Crippen molar-refractivity contribution in [3.05, 3.63) is 33.6 Å². The third-order valence-corrected chi connectivity index (χ3v) is 1.91. The Morgan fingerprint density at radius 3 is 3.15 bits per heavy atom. The molecule has 0 aliphatic carbocycles. The Morgan fingerprint density at radius 1 is 1.54 bits per heavy atom. The summed E-state index contributed by atoms with van der Waals surface area (Å²) in [6.07, 6.45) is 3.70. The van der Waals surface area contributed by atoms with E-state index in [1.54, 1.807) is 6.21 Å². The second-order valence-corrected chi connectivity index (χ2v) is 2.77. The number of pyridine rings is 1. The minimum absolute atomic E-state index is 0.0205. The van der Waals surface area contributed by atoms with Crippen LogP contribution in [0.3, 0.4) is 0 Å². The first-order chi connectivity index (χ1) is 6.27. The summed E-state index contributed by atoms with van der Waals surface area (Å²) in [4.78, 5) is 18.0. The van der Waals surface area contributed by atoms with Crippen LogP contribution in [0.15, 0.2) is 17.3 Å². The van der Waals surface area contributed by atoms with Crippen LogP contribution < -0.4 is 0 Å². The van der Waals surface area contributed by atoms with Gasteiger partial charge in [0.05, 0.1) is 10.6 Å². The van der Waals surface area contributed by atoms with Crippen LogP contribution in [0.1, 0.15) is 11.3 Å². The van der Waals surface area contributed by atoms with Gasteiger partial charge in [0.2, 0.25) is 0 Å². The summed E-state index contributed by atoms with van der Waals surface area (Å²) in [5.74, 6) is 0. The molecule has 2 heterocycles. The lowest BCUT2D eigenvalue weighted by molar-refractivity contribution is -0.385. The molecule has 1 aliphatic rings. The maximum absolute atomic E-state index is 10.4. The highest BCUT2D eigenvalue weighted by molar-refractivity contribution is 5.82. The molecule has 0 amide bonds. The largest absolute Gasteiger partial charge is 0.292 e. The Morgan fingerprint density at radius 2 is 2.38 bits per heavy atom. The van der Waals surface area contributed by atoms with Gasteiger partial charge in [0.1, 0.15) is 6.20 Å². The summed E-state index contributed by atoms with van der Waals surface area (Å²) in [6.45, 7) is 0.720. The van der Waals surface area contributed by atoms with Crippen LogP contribution >= 0.6 is 0 Å². The maximum Gasteiger partial charge on any atom is 0.288 e.